The van der Waals surface area contributed by atoms with Gasteiger partial charge in [-0.15, -0.1) is 0 Å². The Balaban J connectivity index is 2.37. The third kappa shape index (κ3) is 4.43. The molecule has 1 aliphatic carbocycles. The Morgan fingerprint density at radius 2 is 2.33 bits per heavy atom. The minimum absolute atomic E-state index is 0.109. The van der Waals surface area contributed by atoms with Crippen molar-refractivity contribution in [3.05, 3.63) is 0 Å². The monoisotopic (exact) mass is 201 g/mol. The average Bonchev–Trinajstić information content (AvgIpc) is 2.17. The molecule has 1 N–H and O–H groups in total. The molecule has 1 rings (SSSR count). The Labute approximate surface area is 95.4 Å². The first kappa shape index (κ1) is 12.9. The van der Waals surface area contributed by atoms with Gasteiger partial charge in [-0.05, 0) is 38.3 Å². The van der Waals surface area contributed by atoms with E-state index in [1.165, 1.54) is 7.31 Å². The van der Waals surface area contributed by atoms with Crippen LogP contribution in [0.3, 0.4) is 0 Å². The third-order valence-electron chi connectivity index (χ3n) is 2.85. The van der Waals surface area contributed by atoms with E-state index in [4.69, 9.17) is 15.7 Å². The second-order valence-electron chi connectivity index (χ2n) is 4.23. The van der Waals surface area contributed by atoms with Crippen LogP contribution in [-0.2, 0) is 4.79 Å². The van der Waals surface area contributed by atoms with Crippen molar-refractivity contribution >= 4 is 28.8 Å². The van der Waals surface area contributed by atoms with Crippen LogP contribution >= 0.6 is 0 Å². The first-order valence-corrected chi connectivity index (χ1v) is 5.43. The molecule has 1 fully saturated rings. The van der Waals surface area contributed by atoms with Crippen LogP contribution < -0.4 is 5.23 Å². The molecule has 0 aromatic heterocycles. The topological polar surface area (TPSA) is 32.3 Å². The summed E-state index contributed by atoms with van der Waals surface area (Å²) in [7, 11) is 12.7. The fourth-order valence-electron chi connectivity index (χ4n) is 2.14. The van der Waals surface area contributed by atoms with Gasteiger partial charge in [0, 0.05) is 14.3 Å². The summed E-state index contributed by atoms with van der Waals surface area (Å²) in [5.41, 5.74) is 0. The molecule has 0 amide bonds. The van der Waals surface area contributed by atoms with E-state index in [0.717, 1.165) is 25.7 Å². The Bertz CT molecular complexity index is 214. The van der Waals surface area contributed by atoms with Gasteiger partial charge in [0.15, 0.2) is 7.98 Å². The lowest BCUT2D eigenvalue weighted by Gasteiger charge is -2.36. The Hall–Kier alpha value is -0.215. The van der Waals surface area contributed by atoms with Crippen molar-refractivity contribution in [3.8, 4) is 0 Å². The molecular weight excluding hydrogens is 185 g/mol. The van der Waals surface area contributed by atoms with Crippen LogP contribution in [0, 0.1) is 0 Å². The first-order chi connectivity index (χ1) is 7.13. The molecule has 0 heterocycles. The molecule has 77 valence electrons. The maximum atomic E-state index is 10.9. The normalized spacial score (nSPS) is 26.5. The summed E-state index contributed by atoms with van der Waals surface area (Å²) in [6, 6.07) is 0.687. The van der Waals surface area contributed by atoms with Crippen molar-refractivity contribution in [2.45, 2.75) is 44.7 Å². The SMILES string of the molecule is [B][B]NC1CCCC(N([B])CC(C)=O)C1. The van der Waals surface area contributed by atoms with Crippen LogP contribution in [0.5, 0.6) is 0 Å². The number of ketones is 1. The lowest BCUT2D eigenvalue weighted by molar-refractivity contribution is -0.117. The van der Waals surface area contributed by atoms with Gasteiger partial charge >= 0.3 is 0 Å². The molecule has 2 atom stereocenters. The fraction of sp³-hybridized carbons (Fsp3) is 0.889. The summed E-state index contributed by atoms with van der Waals surface area (Å²) < 4.78 is 0. The summed E-state index contributed by atoms with van der Waals surface area (Å²) in [6.07, 6.45) is 4.27. The summed E-state index contributed by atoms with van der Waals surface area (Å²) in [5, 5.41) is 3.11. The predicted molar refractivity (Wildman–Crippen MR) is 63.8 cm³/mol. The van der Waals surface area contributed by atoms with Crippen LogP contribution in [0.2, 0.25) is 0 Å². The molecule has 0 saturated heterocycles. The minimum atomic E-state index is 0.109. The summed E-state index contributed by atoms with van der Waals surface area (Å²) in [6.45, 7) is 1.90. The average molecular weight is 201 g/mol. The molecule has 0 spiro atoms. The Morgan fingerprint density at radius 3 is 2.93 bits per heavy atom. The fourth-order valence-corrected chi connectivity index (χ4v) is 2.14. The van der Waals surface area contributed by atoms with E-state index in [2.05, 4.69) is 5.23 Å². The van der Waals surface area contributed by atoms with E-state index in [1.807, 2.05) is 0 Å². The van der Waals surface area contributed by atoms with Gasteiger partial charge in [0.1, 0.15) is 13.1 Å². The van der Waals surface area contributed by atoms with E-state index in [9.17, 15) is 4.79 Å². The zero-order valence-electron chi connectivity index (χ0n) is 9.28. The zero-order chi connectivity index (χ0) is 11.3. The van der Waals surface area contributed by atoms with Crippen LogP contribution in [0.1, 0.15) is 32.6 Å². The van der Waals surface area contributed by atoms with E-state index >= 15 is 0 Å². The van der Waals surface area contributed by atoms with Gasteiger partial charge in [0.05, 0.1) is 0 Å². The van der Waals surface area contributed by atoms with Gasteiger partial charge in [-0.2, -0.15) is 0 Å². The molecule has 2 unspecified atom stereocenters. The van der Waals surface area contributed by atoms with Gasteiger partial charge < -0.3 is 10.0 Å². The minimum Gasteiger partial charge on any atom is -0.366 e. The molecule has 15 heavy (non-hydrogen) atoms. The maximum Gasteiger partial charge on any atom is 0.183 e. The number of carbonyl (C=O) groups is 1. The lowest BCUT2D eigenvalue weighted by atomic mass is 9.66. The Morgan fingerprint density at radius 1 is 1.60 bits per heavy atom. The summed E-state index contributed by atoms with van der Waals surface area (Å²) >= 11 is 0. The third-order valence-corrected chi connectivity index (χ3v) is 2.85. The Kier molecular flexibility index (Phi) is 5.47. The first-order valence-electron chi connectivity index (χ1n) is 5.43. The van der Waals surface area contributed by atoms with Crippen LogP contribution in [0.15, 0.2) is 0 Å². The van der Waals surface area contributed by atoms with Crippen molar-refractivity contribution in [1.82, 2.24) is 10.0 Å². The highest BCUT2D eigenvalue weighted by Crippen LogP contribution is 2.21. The number of carbonyl (C=O) groups excluding carboxylic acids is 1. The number of nitrogens with one attached hydrogen (secondary N) is 1. The van der Waals surface area contributed by atoms with Crippen LogP contribution in [-0.4, -0.2) is 52.2 Å². The van der Waals surface area contributed by atoms with Gasteiger partial charge in [-0.25, -0.2) is 0 Å². The van der Waals surface area contributed by atoms with Crippen molar-refractivity contribution in [2.75, 3.05) is 6.54 Å². The van der Waals surface area contributed by atoms with E-state index in [1.54, 1.807) is 11.7 Å². The molecule has 3 nitrogen and oxygen atoms in total. The molecule has 0 aromatic rings. The summed E-state index contributed by atoms with van der Waals surface area (Å²) in [5.74, 6) is 0.109. The van der Waals surface area contributed by atoms with Gasteiger partial charge in [-0.1, -0.05) is 6.42 Å². The van der Waals surface area contributed by atoms with E-state index in [-0.39, 0.29) is 5.78 Å². The van der Waals surface area contributed by atoms with E-state index in [0.29, 0.717) is 18.6 Å². The molecule has 1 aliphatic rings. The number of hydrogen-bond acceptors (Lipinski definition) is 3. The molecule has 0 aromatic carbocycles. The molecule has 0 bridgehead atoms. The van der Waals surface area contributed by atoms with E-state index < -0.39 is 0 Å². The van der Waals surface area contributed by atoms with Gasteiger partial charge in [-0.3, -0.25) is 4.79 Å². The number of Topliss-reactive ketones (excluding diaryl/α,β-unsaturated/α-hetero) is 1. The van der Waals surface area contributed by atoms with Crippen LogP contribution in [0.4, 0.5) is 0 Å². The lowest BCUT2D eigenvalue weighted by Crippen LogP contribution is -2.45. The van der Waals surface area contributed by atoms with Gasteiger partial charge in [0.2, 0.25) is 0 Å². The predicted octanol–water partition coefficient (Wildman–Crippen LogP) is -0.436. The standard InChI is InChI=1S/C9H16B3N2O/c1-7(15)6-14(11)9-4-2-3-8(5-9)13-12-10/h8-9,13H,2-6H2,1H3. The number of rotatable bonds is 5. The van der Waals surface area contributed by atoms with Gasteiger partial charge in [0.25, 0.3) is 0 Å². The molecule has 0 aliphatic heterocycles. The largest absolute Gasteiger partial charge is 0.366 e. The van der Waals surface area contributed by atoms with Crippen molar-refractivity contribution in [3.63, 3.8) is 0 Å². The molecule has 5 radical (unpaired) electrons. The van der Waals surface area contributed by atoms with Crippen molar-refractivity contribution < 1.29 is 4.79 Å². The van der Waals surface area contributed by atoms with Crippen molar-refractivity contribution in [1.29, 1.82) is 0 Å². The molecular formula is C9H16B3N2O. The highest BCUT2D eigenvalue weighted by atomic mass is 16.1. The van der Waals surface area contributed by atoms with Crippen LogP contribution in [0.25, 0.3) is 0 Å². The molecule has 1 saturated carbocycles. The number of nitrogens with zero attached hydrogens (tertiary/aromatic N) is 1. The summed E-state index contributed by atoms with van der Waals surface area (Å²) in [4.78, 5) is 12.6. The maximum absolute atomic E-state index is 10.9. The zero-order valence-corrected chi connectivity index (χ0v) is 9.28. The quantitative estimate of drug-likeness (QED) is 0.611. The highest BCUT2D eigenvalue weighted by molar-refractivity contribution is 6.87. The second-order valence-corrected chi connectivity index (χ2v) is 4.23. The highest BCUT2D eigenvalue weighted by Gasteiger charge is 2.23. The smallest absolute Gasteiger partial charge is 0.183 e. The number of hydrogen-bond donors (Lipinski definition) is 1. The van der Waals surface area contributed by atoms with Crippen molar-refractivity contribution in [2.24, 2.45) is 0 Å². The molecule has 6 heteroatoms. The second kappa shape index (κ2) is 6.39.